The van der Waals surface area contributed by atoms with Crippen LogP contribution in [0.1, 0.15) is 19.3 Å². The molecule has 1 unspecified atom stereocenters. The van der Waals surface area contributed by atoms with Crippen LogP contribution in [0.15, 0.2) is 0 Å². The molecule has 9 heavy (non-hydrogen) atoms. The zero-order valence-corrected chi connectivity index (χ0v) is 6.78. The number of carbonyl (C=O) groups is 1. The van der Waals surface area contributed by atoms with Crippen LogP contribution in [0.25, 0.3) is 0 Å². The molecule has 1 amide bonds. The second-order valence-corrected chi connectivity index (χ2v) is 3.36. The summed E-state index contributed by atoms with van der Waals surface area (Å²) in [6.07, 6.45) is 3.24. The minimum absolute atomic E-state index is 0.0556. The minimum Gasteiger partial charge on any atom is -0.355 e. The van der Waals surface area contributed by atoms with Crippen LogP contribution < -0.4 is 5.32 Å². The van der Waals surface area contributed by atoms with Gasteiger partial charge in [0.05, 0.1) is 4.83 Å². The molecule has 3 heteroatoms. The summed E-state index contributed by atoms with van der Waals surface area (Å²) in [6, 6.07) is 0. The lowest BCUT2D eigenvalue weighted by Gasteiger charge is -2.01. The Balaban J connectivity index is 2.41. The lowest BCUT2D eigenvalue weighted by atomic mass is 10.2. The fraction of sp³-hybridized carbons (Fsp3) is 0.833. The van der Waals surface area contributed by atoms with Gasteiger partial charge in [0.15, 0.2) is 0 Å². The Hall–Kier alpha value is -0.0500. The summed E-state index contributed by atoms with van der Waals surface area (Å²) in [5, 5.41) is 2.81. The zero-order valence-electron chi connectivity index (χ0n) is 5.19. The average molecular weight is 192 g/mol. The highest BCUT2D eigenvalue weighted by Crippen LogP contribution is 2.12. The van der Waals surface area contributed by atoms with E-state index in [-0.39, 0.29) is 10.7 Å². The number of halogens is 1. The number of hydrogen-bond donors (Lipinski definition) is 1. The van der Waals surface area contributed by atoms with E-state index >= 15 is 0 Å². The van der Waals surface area contributed by atoms with Crippen LogP contribution >= 0.6 is 15.9 Å². The average Bonchev–Trinajstić information content (AvgIpc) is 1.99. The van der Waals surface area contributed by atoms with Crippen molar-refractivity contribution in [2.24, 2.45) is 0 Å². The first-order valence-corrected chi connectivity index (χ1v) is 4.14. The predicted molar refractivity (Wildman–Crippen MR) is 39.6 cm³/mol. The normalized spacial score (nSPS) is 29.0. The van der Waals surface area contributed by atoms with Gasteiger partial charge in [0, 0.05) is 6.54 Å². The fourth-order valence-corrected chi connectivity index (χ4v) is 1.39. The maximum absolute atomic E-state index is 10.9. The van der Waals surface area contributed by atoms with Crippen LogP contribution in [0.3, 0.4) is 0 Å². The maximum Gasteiger partial charge on any atom is 0.233 e. The van der Waals surface area contributed by atoms with E-state index in [2.05, 4.69) is 21.2 Å². The number of alkyl halides is 1. The van der Waals surface area contributed by atoms with Crippen molar-refractivity contribution in [1.82, 2.24) is 5.32 Å². The summed E-state index contributed by atoms with van der Waals surface area (Å²) in [4.78, 5) is 10.9. The Labute approximate surface area is 63.1 Å². The molecule has 1 fully saturated rings. The summed E-state index contributed by atoms with van der Waals surface area (Å²) in [7, 11) is 0. The Morgan fingerprint density at radius 3 is 3.11 bits per heavy atom. The summed E-state index contributed by atoms with van der Waals surface area (Å²) >= 11 is 3.29. The first kappa shape index (κ1) is 7.06. The van der Waals surface area contributed by atoms with Gasteiger partial charge in [0.1, 0.15) is 0 Å². The van der Waals surface area contributed by atoms with E-state index in [0.29, 0.717) is 0 Å². The quantitative estimate of drug-likeness (QED) is 0.571. The zero-order chi connectivity index (χ0) is 6.69. The van der Waals surface area contributed by atoms with Crippen LogP contribution in [-0.4, -0.2) is 17.3 Å². The van der Waals surface area contributed by atoms with E-state index in [1.807, 2.05) is 0 Å². The number of carbonyl (C=O) groups excluding carboxylic acids is 1. The van der Waals surface area contributed by atoms with Crippen molar-refractivity contribution in [3.63, 3.8) is 0 Å². The molecule has 1 rings (SSSR count). The minimum atomic E-state index is 0.0556. The van der Waals surface area contributed by atoms with E-state index in [0.717, 1.165) is 25.8 Å². The molecule has 1 aliphatic rings. The Morgan fingerprint density at radius 1 is 1.56 bits per heavy atom. The standard InChI is InChI=1S/C6H10BrNO/c7-5-3-1-2-4-8-6(5)9/h5H,1-4H2,(H,8,9). The molecule has 0 spiro atoms. The van der Waals surface area contributed by atoms with Crippen LogP contribution in [0.4, 0.5) is 0 Å². The molecule has 1 N–H and O–H groups in total. The SMILES string of the molecule is O=C1NCCCCC1Br. The second kappa shape index (κ2) is 3.20. The largest absolute Gasteiger partial charge is 0.355 e. The van der Waals surface area contributed by atoms with Crippen molar-refractivity contribution in [3.05, 3.63) is 0 Å². The molecule has 0 aromatic rings. The fourth-order valence-electron chi connectivity index (χ4n) is 0.902. The molecule has 0 aromatic carbocycles. The molecule has 1 heterocycles. The van der Waals surface area contributed by atoms with Gasteiger partial charge in [-0.05, 0) is 12.8 Å². The van der Waals surface area contributed by atoms with Crippen molar-refractivity contribution < 1.29 is 4.79 Å². The van der Waals surface area contributed by atoms with Crippen molar-refractivity contribution in [2.45, 2.75) is 24.1 Å². The van der Waals surface area contributed by atoms with Crippen molar-refractivity contribution >= 4 is 21.8 Å². The summed E-state index contributed by atoms with van der Waals surface area (Å²) in [5.74, 6) is 0.146. The van der Waals surface area contributed by atoms with E-state index in [1.165, 1.54) is 0 Å². The van der Waals surface area contributed by atoms with Gasteiger partial charge < -0.3 is 5.32 Å². The summed E-state index contributed by atoms with van der Waals surface area (Å²) < 4.78 is 0. The van der Waals surface area contributed by atoms with E-state index in [4.69, 9.17) is 0 Å². The molecule has 0 aromatic heterocycles. The first-order valence-electron chi connectivity index (χ1n) is 3.22. The molecular formula is C6H10BrNO. The highest BCUT2D eigenvalue weighted by molar-refractivity contribution is 9.10. The Morgan fingerprint density at radius 2 is 2.33 bits per heavy atom. The molecule has 2 nitrogen and oxygen atoms in total. The van der Waals surface area contributed by atoms with E-state index < -0.39 is 0 Å². The van der Waals surface area contributed by atoms with Crippen molar-refractivity contribution in [1.29, 1.82) is 0 Å². The molecular weight excluding hydrogens is 182 g/mol. The smallest absolute Gasteiger partial charge is 0.233 e. The third kappa shape index (κ3) is 1.97. The van der Waals surface area contributed by atoms with Gasteiger partial charge in [-0.25, -0.2) is 0 Å². The number of nitrogens with one attached hydrogen (secondary N) is 1. The van der Waals surface area contributed by atoms with Gasteiger partial charge in [-0.3, -0.25) is 4.79 Å². The van der Waals surface area contributed by atoms with Gasteiger partial charge in [-0.1, -0.05) is 22.4 Å². The Bertz CT molecular complexity index is 116. The monoisotopic (exact) mass is 191 g/mol. The molecule has 0 saturated carbocycles. The lowest BCUT2D eigenvalue weighted by Crippen LogP contribution is -2.28. The molecule has 0 bridgehead atoms. The van der Waals surface area contributed by atoms with Gasteiger partial charge in [0.2, 0.25) is 5.91 Å². The maximum atomic E-state index is 10.9. The molecule has 1 aliphatic heterocycles. The summed E-state index contributed by atoms with van der Waals surface area (Å²) in [5.41, 5.74) is 0. The molecule has 0 aliphatic carbocycles. The van der Waals surface area contributed by atoms with Gasteiger partial charge >= 0.3 is 0 Å². The predicted octanol–water partition coefficient (Wildman–Crippen LogP) is 1.05. The highest BCUT2D eigenvalue weighted by Gasteiger charge is 2.15. The molecule has 0 radical (unpaired) electrons. The first-order chi connectivity index (χ1) is 4.30. The van der Waals surface area contributed by atoms with Crippen LogP contribution in [0.5, 0.6) is 0 Å². The molecule has 1 saturated heterocycles. The third-order valence-electron chi connectivity index (χ3n) is 1.47. The van der Waals surface area contributed by atoms with Crippen molar-refractivity contribution in [2.75, 3.05) is 6.54 Å². The van der Waals surface area contributed by atoms with E-state index in [9.17, 15) is 4.79 Å². The topological polar surface area (TPSA) is 29.1 Å². The summed E-state index contributed by atoms with van der Waals surface area (Å²) in [6.45, 7) is 0.848. The van der Waals surface area contributed by atoms with Gasteiger partial charge in [-0.2, -0.15) is 0 Å². The highest BCUT2D eigenvalue weighted by atomic mass is 79.9. The van der Waals surface area contributed by atoms with Gasteiger partial charge in [-0.15, -0.1) is 0 Å². The number of amides is 1. The third-order valence-corrected chi connectivity index (χ3v) is 2.34. The van der Waals surface area contributed by atoms with Gasteiger partial charge in [0.25, 0.3) is 0 Å². The molecule has 1 atom stereocenters. The van der Waals surface area contributed by atoms with E-state index in [1.54, 1.807) is 0 Å². The van der Waals surface area contributed by atoms with Crippen LogP contribution in [0, 0.1) is 0 Å². The Kier molecular flexibility index (Phi) is 2.51. The van der Waals surface area contributed by atoms with Crippen molar-refractivity contribution in [3.8, 4) is 0 Å². The molecule has 52 valence electrons. The van der Waals surface area contributed by atoms with Crippen LogP contribution in [0.2, 0.25) is 0 Å². The lowest BCUT2D eigenvalue weighted by molar-refractivity contribution is -0.120. The van der Waals surface area contributed by atoms with Crippen LogP contribution in [-0.2, 0) is 4.79 Å². The second-order valence-electron chi connectivity index (χ2n) is 2.25. The number of hydrogen-bond acceptors (Lipinski definition) is 1. The number of rotatable bonds is 0.